The Bertz CT molecular complexity index is 1230. The Hall–Kier alpha value is -2.95. The third-order valence-electron chi connectivity index (χ3n) is 4.11. The summed E-state index contributed by atoms with van der Waals surface area (Å²) in [6, 6.07) is 13.5. The van der Waals surface area contributed by atoms with E-state index in [4.69, 9.17) is 27.9 Å². The number of ether oxygens (including phenoxy) is 1. The van der Waals surface area contributed by atoms with Crippen molar-refractivity contribution in [3.63, 3.8) is 0 Å². The Morgan fingerprint density at radius 1 is 0.879 bits per heavy atom. The average molecular weight is 519 g/mol. The van der Waals surface area contributed by atoms with Crippen LogP contribution in [0.25, 0.3) is 0 Å². The van der Waals surface area contributed by atoms with Gasteiger partial charge in [0.25, 0.3) is 15.9 Å². The maximum absolute atomic E-state index is 12.6. The summed E-state index contributed by atoms with van der Waals surface area (Å²) in [6.45, 7) is -0.438. The van der Waals surface area contributed by atoms with Crippen molar-refractivity contribution in [3.05, 3.63) is 82.3 Å². The molecule has 0 bridgehead atoms. The zero-order valence-electron chi connectivity index (χ0n) is 16.5. The highest BCUT2D eigenvalue weighted by Gasteiger charge is 2.30. The van der Waals surface area contributed by atoms with Crippen LogP contribution in [-0.4, -0.2) is 20.9 Å². The first-order chi connectivity index (χ1) is 15.4. The standard InChI is InChI=1S/C21H15Cl2F3N2O4S/c22-14-9-15(23)11-17(10-14)28-33(30,31)19-7-5-18(6-8-19)32-12-20(29)27-16-3-1-13(2-4-16)21(24,25)26/h1-11,28H,12H2,(H,27,29). The molecule has 3 aromatic carbocycles. The average Bonchev–Trinajstić information content (AvgIpc) is 2.71. The number of rotatable bonds is 7. The summed E-state index contributed by atoms with van der Waals surface area (Å²) in [6.07, 6.45) is -4.47. The van der Waals surface area contributed by atoms with Gasteiger partial charge in [-0.25, -0.2) is 8.42 Å². The highest BCUT2D eigenvalue weighted by molar-refractivity contribution is 7.92. The van der Waals surface area contributed by atoms with E-state index in [2.05, 4.69) is 10.0 Å². The molecule has 0 aromatic heterocycles. The molecule has 0 aliphatic carbocycles. The first-order valence-corrected chi connectivity index (χ1v) is 11.4. The van der Waals surface area contributed by atoms with Gasteiger partial charge in [-0.2, -0.15) is 13.2 Å². The highest BCUT2D eigenvalue weighted by atomic mass is 35.5. The van der Waals surface area contributed by atoms with Crippen molar-refractivity contribution in [2.24, 2.45) is 0 Å². The molecule has 33 heavy (non-hydrogen) atoms. The van der Waals surface area contributed by atoms with Crippen molar-refractivity contribution >= 4 is 50.5 Å². The minimum atomic E-state index is -4.47. The van der Waals surface area contributed by atoms with Gasteiger partial charge in [-0.05, 0) is 66.7 Å². The summed E-state index contributed by atoms with van der Waals surface area (Å²) in [5.41, 5.74) is -0.474. The molecule has 0 fully saturated rings. The fraction of sp³-hybridized carbons (Fsp3) is 0.0952. The minimum Gasteiger partial charge on any atom is -0.484 e. The van der Waals surface area contributed by atoms with Crippen molar-refractivity contribution in [2.45, 2.75) is 11.1 Å². The molecule has 3 aromatic rings. The van der Waals surface area contributed by atoms with Crippen LogP contribution in [0, 0.1) is 0 Å². The number of carbonyl (C=O) groups is 1. The molecular formula is C21H15Cl2F3N2O4S. The number of benzene rings is 3. The molecular weight excluding hydrogens is 504 g/mol. The van der Waals surface area contributed by atoms with Crippen LogP contribution in [0.3, 0.4) is 0 Å². The maximum atomic E-state index is 12.6. The summed E-state index contributed by atoms with van der Waals surface area (Å²) < 4.78 is 70.4. The molecule has 0 saturated carbocycles. The number of amides is 1. The minimum absolute atomic E-state index is 0.0693. The van der Waals surface area contributed by atoms with E-state index < -0.39 is 34.3 Å². The number of halogens is 5. The quantitative estimate of drug-likeness (QED) is 0.412. The van der Waals surface area contributed by atoms with Crippen molar-refractivity contribution in [2.75, 3.05) is 16.6 Å². The van der Waals surface area contributed by atoms with Crippen LogP contribution in [0.1, 0.15) is 5.56 Å². The van der Waals surface area contributed by atoms with Gasteiger partial charge in [0.15, 0.2) is 6.61 Å². The first kappa shape index (κ1) is 24.7. The molecule has 12 heteroatoms. The van der Waals surface area contributed by atoms with Gasteiger partial charge in [-0.1, -0.05) is 23.2 Å². The van der Waals surface area contributed by atoms with Gasteiger partial charge in [0.05, 0.1) is 16.1 Å². The number of hydrogen-bond donors (Lipinski definition) is 2. The molecule has 174 valence electrons. The third kappa shape index (κ3) is 7.01. The molecule has 0 aliphatic rings. The zero-order valence-corrected chi connectivity index (χ0v) is 18.8. The predicted molar refractivity (Wildman–Crippen MR) is 119 cm³/mol. The van der Waals surface area contributed by atoms with Crippen LogP contribution in [0.4, 0.5) is 24.5 Å². The number of nitrogens with one attached hydrogen (secondary N) is 2. The third-order valence-corrected chi connectivity index (χ3v) is 5.95. The number of sulfonamides is 1. The number of hydrogen-bond acceptors (Lipinski definition) is 4. The molecule has 6 nitrogen and oxygen atoms in total. The van der Waals surface area contributed by atoms with E-state index in [0.717, 1.165) is 24.3 Å². The maximum Gasteiger partial charge on any atom is 0.416 e. The van der Waals surface area contributed by atoms with Crippen molar-refractivity contribution in [1.29, 1.82) is 0 Å². The molecule has 0 unspecified atom stereocenters. The summed E-state index contributed by atoms with van der Waals surface area (Å²) in [5, 5.41) is 2.93. The molecule has 3 rings (SSSR count). The molecule has 0 aliphatic heterocycles. The second-order valence-corrected chi connectivity index (χ2v) is 9.20. The Morgan fingerprint density at radius 2 is 1.45 bits per heavy atom. The van der Waals surface area contributed by atoms with Crippen molar-refractivity contribution in [1.82, 2.24) is 0 Å². The topological polar surface area (TPSA) is 84.5 Å². The van der Waals surface area contributed by atoms with Crippen LogP contribution in [0.15, 0.2) is 71.6 Å². The summed E-state index contributed by atoms with van der Waals surface area (Å²) >= 11 is 11.7. The van der Waals surface area contributed by atoms with E-state index in [1.165, 1.54) is 42.5 Å². The summed E-state index contributed by atoms with van der Waals surface area (Å²) in [4.78, 5) is 11.9. The number of carbonyl (C=O) groups excluding carboxylic acids is 1. The highest BCUT2D eigenvalue weighted by Crippen LogP contribution is 2.30. The molecule has 0 spiro atoms. The van der Waals surface area contributed by atoms with Crippen LogP contribution in [-0.2, 0) is 21.0 Å². The van der Waals surface area contributed by atoms with Gasteiger partial charge in [0.1, 0.15) is 5.75 Å². The zero-order chi connectivity index (χ0) is 24.2. The second kappa shape index (κ2) is 9.90. The molecule has 0 heterocycles. The SMILES string of the molecule is O=C(COc1ccc(S(=O)(=O)Nc2cc(Cl)cc(Cl)c2)cc1)Nc1ccc(C(F)(F)F)cc1. The van der Waals surface area contributed by atoms with E-state index in [9.17, 15) is 26.4 Å². The Labute approximate surface area is 197 Å². The van der Waals surface area contributed by atoms with Crippen LogP contribution >= 0.6 is 23.2 Å². The molecule has 0 atom stereocenters. The van der Waals surface area contributed by atoms with Crippen molar-refractivity contribution in [3.8, 4) is 5.75 Å². The summed E-state index contributed by atoms with van der Waals surface area (Å²) in [7, 11) is -3.93. The predicted octanol–water partition coefficient (Wildman–Crippen LogP) is 5.83. The van der Waals surface area contributed by atoms with E-state index in [1.807, 2.05) is 0 Å². The Kier molecular flexibility index (Phi) is 7.41. The monoisotopic (exact) mass is 518 g/mol. The van der Waals surface area contributed by atoms with Gasteiger partial charge in [0, 0.05) is 15.7 Å². The van der Waals surface area contributed by atoms with E-state index >= 15 is 0 Å². The lowest BCUT2D eigenvalue weighted by Gasteiger charge is -2.11. The Balaban J connectivity index is 1.57. The lowest BCUT2D eigenvalue weighted by atomic mass is 10.2. The van der Waals surface area contributed by atoms with Gasteiger partial charge in [-0.15, -0.1) is 0 Å². The smallest absolute Gasteiger partial charge is 0.416 e. The molecule has 0 saturated heterocycles. The van der Waals surface area contributed by atoms with E-state index in [-0.39, 0.29) is 32.1 Å². The normalized spacial score (nSPS) is 11.7. The van der Waals surface area contributed by atoms with E-state index in [1.54, 1.807) is 0 Å². The molecule has 2 N–H and O–H groups in total. The molecule has 1 amide bonds. The summed E-state index contributed by atoms with van der Waals surface area (Å²) in [5.74, 6) is -0.395. The van der Waals surface area contributed by atoms with Crippen LogP contribution in [0.5, 0.6) is 5.75 Å². The lowest BCUT2D eigenvalue weighted by molar-refractivity contribution is -0.137. The number of anilines is 2. The van der Waals surface area contributed by atoms with Crippen LogP contribution in [0.2, 0.25) is 10.0 Å². The second-order valence-electron chi connectivity index (χ2n) is 6.65. The van der Waals surface area contributed by atoms with Crippen LogP contribution < -0.4 is 14.8 Å². The van der Waals surface area contributed by atoms with E-state index in [0.29, 0.717) is 0 Å². The first-order valence-electron chi connectivity index (χ1n) is 9.11. The Morgan fingerprint density at radius 3 is 2.00 bits per heavy atom. The van der Waals surface area contributed by atoms with Gasteiger partial charge >= 0.3 is 6.18 Å². The number of alkyl halides is 3. The van der Waals surface area contributed by atoms with Crippen molar-refractivity contribution < 1.29 is 31.1 Å². The molecule has 0 radical (unpaired) electrons. The largest absolute Gasteiger partial charge is 0.484 e. The van der Waals surface area contributed by atoms with Gasteiger partial charge in [-0.3, -0.25) is 9.52 Å². The van der Waals surface area contributed by atoms with Gasteiger partial charge in [0.2, 0.25) is 0 Å². The van der Waals surface area contributed by atoms with Gasteiger partial charge < -0.3 is 10.1 Å². The fourth-order valence-electron chi connectivity index (χ4n) is 2.63. The lowest BCUT2D eigenvalue weighted by Crippen LogP contribution is -2.20. The fourth-order valence-corrected chi connectivity index (χ4v) is 4.20.